The average Bonchev–Trinajstić information content (AvgIpc) is 2.81. The zero-order chi connectivity index (χ0) is 16.4. The zero-order valence-corrected chi connectivity index (χ0v) is 15.3. The van der Waals surface area contributed by atoms with Crippen molar-refractivity contribution in [2.75, 3.05) is 31.1 Å². The van der Waals surface area contributed by atoms with Gasteiger partial charge in [0.1, 0.15) is 9.36 Å². The van der Waals surface area contributed by atoms with E-state index >= 15 is 0 Å². The van der Waals surface area contributed by atoms with Crippen LogP contribution in [0.5, 0.6) is 0 Å². The number of anilines is 1. The van der Waals surface area contributed by atoms with Crippen molar-refractivity contribution >= 4 is 50.2 Å². The molecule has 0 saturated carbocycles. The van der Waals surface area contributed by atoms with Crippen LogP contribution in [-0.2, 0) is 10.0 Å². The van der Waals surface area contributed by atoms with Crippen molar-refractivity contribution in [2.24, 2.45) is 0 Å². The van der Waals surface area contributed by atoms with Crippen LogP contribution < -0.4 is 4.90 Å². The molecule has 0 atom stereocenters. The highest BCUT2D eigenvalue weighted by Crippen LogP contribution is 2.29. The molecule has 5 nitrogen and oxygen atoms in total. The summed E-state index contributed by atoms with van der Waals surface area (Å²) in [6.07, 6.45) is 2.41. The second kappa shape index (κ2) is 6.94. The predicted molar refractivity (Wildman–Crippen MR) is 94.2 cm³/mol. The van der Waals surface area contributed by atoms with E-state index in [0.717, 1.165) is 30.0 Å². The Hall–Kier alpha value is -0.860. The Morgan fingerprint density at radius 3 is 2.61 bits per heavy atom. The number of hydrogen-bond acceptors (Lipinski definition) is 5. The summed E-state index contributed by atoms with van der Waals surface area (Å²) in [5.74, 6) is 0. The first kappa shape index (κ1) is 17.0. The molecule has 3 heterocycles. The lowest BCUT2D eigenvalue weighted by Gasteiger charge is -2.23. The van der Waals surface area contributed by atoms with Gasteiger partial charge in [-0.05, 0) is 30.7 Å². The first-order chi connectivity index (χ1) is 11.0. The number of aromatic nitrogens is 1. The molecule has 0 aromatic carbocycles. The summed E-state index contributed by atoms with van der Waals surface area (Å²) in [6.45, 7) is 2.31. The Morgan fingerprint density at radius 1 is 1.09 bits per heavy atom. The van der Waals surface area contributed by atoms with E-state index in [1.165, 1.54) is 4.31 Å². The molecule has 23 heavy (non-hydrogen) atoms. The van der Waals surface area contributed by atoms with Crippen molar-refractivity contribution in [1.82, 2.24) is 9.29 Å². The molecular formula is C14H15Cl2N3O2S2. The van der Waals surface area contributed by atoms with E-state index < -0.39 is 10.0 Å². The minimum atomic E-state index is -3.48. The summed E-state index contributed by atoms with van der Waals surface area (Å²) in [5, 5.41) is 0.435. The maximum absolute atomic E-state index is 12.7. The molecule has 2 aromatic rings. The van der Waals surface area contributed by atoms with Gasteiger partial charge in [0.15, 0.2) is 0 Å². The van der Waals surface area contributed by atoms with Gasteiger partial charge in [0.05, 0.1) is 4.34 Å². The molecule has 0 aliphatic carbocycles. The highest BCUT2D eigenvalue weighted by Gasteiger charge is 2.28. The van der Waals surface area contributed by atoms with Gasteiger partial charge in [-0.15, -0.1) is 11.3 Å². The quantitative estimate of drug-likeness (QED) is 0.752. The van der Waals surface area contributed by atoms with Crippen molar-refractivity contribution < 1.29 is 8.42 Å². The van der Waals surface area contributed by atoms with E-state index in [-0.39, 0.29) is 0 Å². The van der Waals surface area contributed by atoms with E-state index in [0.29, 0.717) is 33.3 Å². The molecule has 9 heteroatoms. The number of pyridine rings is 1. The molecule has 124 valence electrons. The number of halogens is 2. The van der Waals surface area contributed by atoms with Crippen LogP contribution in [0.15, 0.2) is 34.7 Å². The minimum absolute atomic E-state index is 0.294. The number of nitrogens with zero attached hydrogens (tertiary/aromatic N) is 3. The topological polar surface area (TPSA) is 53.5 Å². The van der Waals surface area contributed by atoms with Crippen LogP contribution in [0.3, 0.4) is 0 Å². The molecule has 1 aliphatic rings. The Kier molecular flexibility index (Phi) is 5.13. The van der Waals surface area contributed by atoms with Crippen molar-refractivity contribution in [2.45, 2.75) is 10.6 Å². The molecule has 0 unspecified atom stereocenters. The van der Waals surface area contributed by atoms with E-state index in [9.17, 15) is 8.42 Å². The highest BCUT2D eigenvalue weighted by molar-refractivity contribution is 7.91. The Morgan fingerprint density at radius 2 is 1.91 bits per heavy atom. The predicted octanol–water partition coefficient (Wildman–Crippen LogP) is 3.35. The summed E-state index contributed by atoms with van der Waals surface area (Å²) in [7, 11) is -3.48. The van der Waals surface area contributed by atoms with Crippen LogP contribution in [0.4, 0.5) is 5.69 Å². The average molecular weight is 392 g/mol. The molecule has 1 saturated heterocycles. The fraction of sp³-hybridized carbons (Fsp3) is 0.357. The van der Waals surface area contributed by atoms with Gasteiger partial charge in [0.2, 0.25) is 0 Å². The molecule has 1 aliphatic heterocycles. The van der Waals surface area contributed by atoms with Gasteiger partial charge in [-0.25, -0.2) is 13.4 Å². The Bertz CT molecular complexity index is 795. The third-order valence-corrected chi connectivity index (χ3v) is 7.48. The van der Waals surface area contributed by atoms with E-state index in [1.54, 1.807) is 24.4 Å². The monoisotopic (exact) mass is 391 g/mol. The first-order valence-corrected chi connectivity index (χ1v) is 10.1. The van der Waals surface area contributed by atoms with E-state index in [1.807, 2.05) is 6.07 Å². The fourth-order valence-electron chi connectivity index (χ4n) is 2.54. The van der Waals surface area contributed by atoms with Gasteiger partial charge in [-0.3, -0.25) is 0 Å². The van der Waals surface area contributed by atoms with Crippen LogP contribution in [0, 0.1) is 0 Å². The number of hydrogen-bond donors (Lipinski definition) is 0. The van der Waals surface area contributed by atoms with Crippen LogP contribution in [0.2, 0.25) is 9.49 Å². The molecule has 0 bridgehead atoms. The highest BCUT2D eigenvalue weighted by atomic mass is 35.5. The molecule has 3 rings (SSSR count). The fourth-order valence-corrected chi connectivity index (χ4v) is 5.82. The molecule has 1 fully saturated rings. The normalized spacial score (nSPS) is 17.2. The standard InChI is InChI=1S/C14H15Cl2N3O2S2/c15-12-10-11(4-5-17-12)18-6-1-7-19(9-8-18)23(20,21)14-3-2-13(16)22-14/h2-5,10H,1,6-9H2. The third-order valence-electron chi connectivity index (χ3n) is 3.67. The van der Waals surface area contributed by atoms with Gasteiger partial charge in [0, 0.05) is 38.1 Å². The molecule has 0 N–H and O–H groups in total. The van der Waals surface area contributed by atoms with Gasteiger partial charge in [-0.2, -0.15) is 4.31 Å². The smallest absolute Gasteiger partial charge is 0.252 e. The first-order valence-electron chi connectivity index (χ1n) is 7.09. The summed E-state index contributed by atoms with van der Waals surface area (Å²) < 4.78 is 27.7. The SMILES string of the molecule is O=S(=O)(c1ccc(Cl)s1)N1CCCN(c2ccnc(Cl)c2)CC1. The van der Waals surface area contributed by atoms with Crippen LogP contribution in [-0.4, -0.2) is 43.9 Å². The minimum Gasteiger partial charge on any atom is -0.370 e. The van der Waals surface area contributed by atoms with Crippen molar-refractivity contribution in [1.29, 1.82) is 0 Å². The number of rotatable bonds is 3. The lowest BCUT2D eigenvalue weighted by Crippen LogP contribution is -2.34. The maximum atomic E-state index is 12.7. The van der Waals surface area contributed by atoms with Crippen molar-refractivity contribution in [3.8, 4) is 0 Å². The summed E-state index contributed by atoms with van der Waals surface area (Å²) in [4.78, 5) is 6.11. The largest absolute Gasteiger partial charge is 0.370 e. The third kappa shape index (κ3) is 3.80. The van der Waals surface area contributed by atoms with Gasteiger partial charge in [0.25, 0.3) is 10.0 Å². The lowest BCUT2D eigenvalue weighted by molar-refractivity contribution is 0.434. The maximum Gasteiger partial charge on any atom is 0.252 e. The summed E-state index contributed by atoms with van der Waals surface area (Å²) in [6, 6.07) is 6.86. The van der Waals surface area contributed by atoms with Gasteiger partial charge < -0.3 is 4.90 Å². The molecule has 2 aromatic heterocycles. The number of sulfonamides is 1. The second-order valence-electron chi connectivity index (χ2n) is 5.14. The van der Waals surface area contributed by atoms with Gasteiger partial charge in [-0.1, -0.05) is 23.2 Å². The van der Waals surface area contributed by atoms with Crippen LogP contribution in [0.1, 0.15) is 6.42 Å². The summed E-state index contributed by atoms with van der Waals surface area (Å²) >= 11 is 12.9. The molecule has 0 radical (unpaired) electrons. The number of thiophene rings is 1. The molecule has 0 spiro atoms. The van der Waals surface area contributed by atoms with E-state index in [4.69, 9.17) is 23.2 Å². The molecular weight excluding hydrogens is 377 g/mol. The Labute approximate surface area is 149 Å². The van der Waals surface area contributed by atoms with Crippen molar-refractivity contribution in [3.05, 3.63) is 40.0 Å². The zero-order valence-electron chi connectivity index (χ0n) is 12.2. The molecule has 0 amide bonds. The van der Waals surface area contributed by atoms with Crippen LogP contribution >= 0.6 is 34.5 Å². The summed E-state index contributed by atoms with van der Waals surface area (Å²) in [5.41, 5.74) is 0.961. The lowest BCUT2D eigenvalue weighted by atomic mass is 10.3. The van der Waals surface area contributed by atoms with Gasteiger partial charge >= 0.3 is 0 Å². The van der Waals surface area contributed by atoms with Crippen LogP contribution in [0.25, 0.3) is 0 Å². The Balaban J connectivity index is 1.76. The van der Waals surface area contributed by atoms with E-state index in [2.05, 4.69) is 9.88 Å². The van der Waals surface area contributed by atoms with Crippen molar-refractivity contribution in [3.63, 3.8) is 0 Å². The second-order valence-corrected chi connectivity index (χ2v) is 9.41.